The van der Waals surface area contributed by atoms with Crippen molar-refractivity contribution in [2.45, 2.75) is 40.0 Å². The van der Waals surface area contributed by atoms with E-state index in [1.54, 1.807) is 0 Å². The van der Waals surface area contributed by atoms with Crippen LogP contribution in [0.4, 0.5) is 0 Å². The summed E-state index contributed by atoms with van der Waals surface area (Å²) in [5.74, 6) is 0.832. The van der Waals surface area contributed by atoms with Crippen molar-refractivity contribution in [3.63, 3.8) is 0 Å². The third kappa shape index (κ3) is 4.13. The zero-order valence-electron chi connectivity index (χ0n) is 14.9. The maximum atomic E-state index is 9.26. The number of rotatable bonds is 6. The summed E-state index contributed by atoms with van der Waals surface area (Å²) in [5.41, 5.74) is 5.29. The Morgan fingerprint density at radius 1 is 1.12 bits per heavy atom. The van der Waals surface area contributed by atoms with Crippen LogP contribution in [0.15, 0.2) is 48.7 Å². The van der Waals surface area contributed by atoms with E-state index in [1.165, 1.54) is 5.56 Å². The quantitative estimate of drug-likeness (QED) is 0.725. The van der Waals surface area contributed by atoms with E-state index >= 15 is 0 Å². The van der Waals surface area contributed by atoms with Gasteiger partial charge in [-0.1, -0.05) is 30.3 Å². The molecule has 1 aromatic carbocycles. The first-order valence-electron chi connectivity index (χ1n) is 8.48. The zero-order chi connectivity index (χ0) is 17.8. The normalized spacial score (nSPS) is 12.3. The molecule has 0 spiro atoms. The van der Waals surface area contributed by atoms with Crippen LogP contribution in [-0.2, 0) is 13.2 Å². The summed E-state index contributed by atoms with van der Waals surface area (Å²) in [5, 5.41) is 17.2. The predicted octanol–water partition coefficient (Wildman–Crippen LogP) is 3.23. The van der Waals surface area contributed by atoms with Crippen molar-refractivity contribution < 1.29 is 5.11 Å². The maximum absolute atomic E-state index is 9.26. The second kappa shape index (κ2) is 7.59. The van der Waals surface area contributed by atoms with E-state index in [9.17, 15) is 5.11 Å². The molecule has 0 saturated carbocycles. The van der Waals surface area contributed by atoms with E-state index in [4.69, 9.17) is 0 Å². The van der Waals surface area contributed by atoms with Gasteiger partial charge in [0.2, 0.25) is 0 Å². The lowest BCUT2D eigenvalue weighted by atomic mass is 10.1. The summed E-state index contributed by atoms with van der Waals surface area (Å²) in [6.07, 6.45) is 1.88. The monoisotopic (exact) mass is 336 g/mol. The SMILES string of the molecule is Cc1cc(C)n(-c2ccc(CNC(C)c3cccc(CO)c3)cn2)n1. The minimum absolute atomic E-state index is 0.0677. The first kappa shape index (κ1) is 17.3. The largest absolute Gasteiger partial charge is 0.392 e. The van der Waals surface area contributed by atoms with Gasteiger partial charge in [-0.05, 0) is 49.6 Å². The Balaban J connectivity index is 1.64. The second-order valence-electron chi connectivity index (χ2n) is 6.37. The summed E-state index contributed by atoms with van der Waals surface area (Å²) in [4.78, 5) is 4.53. The molecular weight excluding hydrogens is 312 g/mol. The molecule has 3 rings (SSSR count). The number of nitrogens with zero attached hydrogens (tertiary/aromatic N) is 3. The molecular formula is C20H24N4O. The Morgan fingerprint density at radius 2 is 1.96 bits per heavy atom. The highest BCUT2D eigenvalue weighted by Crippen LogP contribution is 2.15. The minimum atomic E-state index is 0.0677. The molecule has 0 saturated heterocycles. The van der Waals surface area contributed by atoms with Gasteiger partial charge in [-0.15, -0.1) is 0 Å². The van der Waals surface area contributed by atoms with Crippen LogP contribution in [0.1, 0.15) is 41.0 Å². The van der Waals surface area contributed by atoms with Crippen molar-refractivity contribution in [1.82, 2.24) is 20.1 Å². The molecule has 0 radical (unpaired) electrons. The van der Waals surface area contributed by atoms with E-state index < -0.39 is 0 Å². The van der Waals surface area contributed by atoms with Crippen molar-refractivity contribution in [1.29, 1.82) is 0 Å². The first-order valence-corrected chi connectivity index (χ1v) is 8.48. The van der Waals surface area contributed by atoms with Crippen molar-refractivity contribution in [2.75, 3.05) is 0 Å². The zero-order valence-corrected chi connectivity index (χ0v) is 14.9. The fourth-order valence-electron chi connectivity index (χ4n) is 2.86. The van der Waals surface area contributed by atoms with Crippen molar-refractivity contribution in [2.24, 2.45) is 0 Å². The number of hydrogen-bond acceptors (Lipinski definition) is 4. The Bertz CT molecular complexity index is 839. The summed E-state index contributed by atoms with van der Waals surface area (Å²) in [6, 6.07) is 14.3. The number of aliphatic hydroxyl groups is 1. The van der Waals surface area contributed by atoms with Crippen molar-refractivity contribution in [3.05, 3.63) is 76.7 Å². The van der Waals surface area contributed by atoms with Crippen LogP contribution in [0.5, 0.6) is 0 Å². The van der Waals surface area contributed by atoms with Crippen LogP contribution in [0.3, 0.4) is 0 Å². The number of hydrogen-bond donors (Lipinski definition) is 2. The molecule has 2 heterocycles. The van der Waals surface area contributed by atoms with Crippen LogP contribution >= 0.6 is 0 Å². The molecule has 25 heavy (non-hydrogen) atoms. The second-order valence-corrected chi connectivity index (χ2v) is 6.37. The van der Waals surface area contributed by atoms with Crippen molar-refractivity contribution in [3.8, 4) is 5.82 Å². The van der Waals surface area contributed by atoms with Gasteiger partial charge in [-0.25, -0.2) is 9.67 Å². The van der Waals surface area contributed by atoms with E-state index in [0.29, 0.717) is 0 Å². The van der Waals surface area contributed by atoms with Gasteiger partial charge < -0.3 is 10.4 Å². The van der Waals surface area contributed by atoms with E-state index in [1.807, 2.05) is 55.1 Å². The Labute approximate surface area is 148 Å². The highest BCUT2D eigenvalue weighted by molar-refractivity contribution is 5.28. The average molecular weight is 336 g/mol. The van der Waals surface area contributed by atoms with Gasteiger partial charge >= 0.3 is 0 Å². The molecule has 0 bridgehead atoms. The van der Waals surface area contributed by atoms with Gasteiger partial charge in [0.1, 0.15) is 0 Å². The summed E-state index contributed by atoms with van der Waals surface area (Å²) < 4.78 is 1.86. The standard InChI is InChI=1S/C20H24N4O/c1-14-9-15(2)24(23-14)20-8-7-18(12-22-20)11-21-16(3)19-6-4-5-17(10-19)13-25/h4-10,12,16,21,25H,11,13H2,1-3H3. The number of pyridine rings is 1. The highest BCUT2D eigenvalue weighted by atomic mass is 16.3. The Hall–Kier alpha value is -2.50. The Kier molecular flexibility index (Phi) is 5.26. The molecule has 130 valence electrons. The van der Waals surface area contributed by atoms with Crippen LogP contribution in [-0.4, -0.2) is 19.9 Å². The van der Waals surface area contributed by atoms with Gasteiger partial charge in [-0.2, -0.15) is 5.10 Å². The summed E-state index contributed by atoms with van der Waals surface area (Å²) in [7, 11) is 0. The lowest BCUT2D eigenvalue weighted by molar-refractivity contribution is 0.281. The smallest absolute Gasteiger partial charge is 0.153 e. The summed E-state index contributed by atoms with van der Waals surface area (Å²) >= 11 is 0. The first-order chi connectivity index (χ1) is 12.1. The molecule has 0 aliphatic carbocycles. The molecule has 0 aliphatic rings. The van der Waals surface area contributed by atoms with Crippen LogP contribution in [0, 0.1) is 13.8 Å². The summed E-state index contributed by atoms with van der Waals surface area (Å²) in [6.45, 7) is 6.93. The molecule has 2 aromatic heterocycles. The molecule has 0 amide bonds. The number of benzene rings is 1. The van der Waals surface area contributed by atoms with Gasteiger partial charge in [0.25, 0.3) is 0 Å². The third-order valence-electron chi connectivity index (χ3n) is 4.28. The lowest BCUT2D eigenvalue weighted by Crippen LogP contribution is -2.18. The van der Waals surface area contributed by atoms with Crippen LogP contribution in [0.25, 0.3) is 5.82 Å². The maximum Gasteiger partial charge on any atom is 0.153 e. The third-order valence-corrected chi connectivity index (χ3v) is 4.28. The highest BCUT2D eigenvalue weighted by Gasteiger charge is 2.07. The molecule has 3 aromatic rings. The van der Waals surface area contributed by atoms with Gasteiger partial charge in [-0.3, -0.25) is 0 Å². The number of aliphatic hydroxyl groups excluding tert-OH is 1. The van der Waals surface area contributed by atoms with E-state index in [2.05, 4.69) is 34.5 Å². The molecule has 5 heteroatoms. The molecule has 0 aliphatic heterocycles. The number of aromatic nitrogens is 3. The van der Waals surface area contributed by atoms with Crippen LogP contribution < -0.4 is 5.32 Å². The predicted molar refractivity (Wildman–Crippen MR) is 98.5 cm³/mol. The average Bonchev–Trinajstić information content (AvgIpc) is 2.98. The van der Waals surface area contributed by atoms with E-state index in [0.717, 1.165) is 34.9 Å². The Morgan fingerprint density at radius 3 is 2.60 bits per heavy atom. The molecule has 5 nitrogen and oxygen atoms in total. The number of aryl methyl sites for hydroxylation is 2. The topological polar surface area (TPSA) is 63.0 Å². The molecule has 2 N–H and O–H groups in total. The van der Waals surface area contributed by atoms with Crippen molar-refractivity contribution >= 4 is 0 Å². The van der Waals surface area contributed by atoms with Gasteiger partial charge in [0.15, 0.2) is 5.82 Å². The van der Waals surface area contributed by atoms with Gasteiger partial charge in [0, 0.05) is 24.5 Å². The van der Waals surface area contributed by atoms with Gasteiger partial charge in [0.05, 0.1) is 12.3 Å². The fourth-order valence-corrected chi connectivity index (χ4v) is 2.86. The van der Waals surface area contributed by atoms with E-state index in [-0.39, 0.29) is 12.6 Å². The molecule has 1 atom stereocenters. The molecule has 0 fully saturated rings. The molecule has 1 unspecified atom stereocenters. The minimum Gasteiger partial charge on any atom is -0.392 e. The lowest BCUT2D eigenvalue weighted by Gasteiger charge is -2.15. The number of nitrogens with one attached hydrogen (secondary N) is 1. The fraction of sp³-hybridized carbons (Fsp3) is 0.300. The van der Waals surface area contributed by atoms with Crippen LogP contribution in [0.2, 0.25) is 0 Å².